The molecule has 27 heteroatoms. The minimum atomic E-state index is -2.13. The van der Waals surface area contributed by atoms with E-state index in [1.54, 1.807) is 32.0 Å². The molecule has 7 amide bonds. The van der Waals surface area contributed by atoms with Crippen molar-refractivity contribution in [2.45, 2.75) is 134 Å². The van der Waals surface area contributed by atoms with Gasteiger partial charge in [0.15, 0.2) is 0 Å². The molecule has 0 aliphatic carbocycles. The van der Waals surface area contributed by atoms with Crippen LogP contribution < -0.4 is 43.0 Å². The van der Waals surface area contributed by atoms with Gasteiger partial charge in [0, 0.05) is 12.8 Å². The average molecular weight is 981 g/mol. The molecule has 382 valence electrons. The van der Waals surface area contributed by atoms with Gasteiger partial charge in [0.05, 0.1) is 31.7 Å². The highest BCUT2D eigenvalue weighted by Gasteiger charge is 2.38. The Balaban J connectivity index is 3.53. The predicted octanol–water partition coefficient (Wildman–Crippen LogP) is -3.11. The molecule has 27 nitrogen and oxygen atoms in total. The van der Waals surface area contributed by atoms with Crippen molar-refractivity contribution in [3.63, 3.8) is 0 Å². The van der Waals surface area contributed by atoms with Gasteiger partial charge in [-0.1, -0.05) is 70.9 Å². The first-order chi connectivity index (χ1) is 32.2. The summed E-state index contributed by atoms with van der Waals surface area (Å²) in [5.41, 5.74) is 6.04. The number of carboxylic acid groups (broad SMARTS) is 6. The zero-order valence-corrected chi connectivity index (χ0v) is 38.1. The van der Waals surface area contributed by atoms with E-state index in [1.165, 1.54) is 26.0 Å². The Labute approximate surface area is 394 Å². The molecule has 10 atom stereocenters. The van der Waals surface area contributed by atoms with Gasteiger partial charge in [-0.15, -0.1) is 0 Å². The van der Waals surface area contributed by atoms with Gasteiger partial charge < -0.3 is 73.6 Å². The molecular formula is C42H60N8O19. The monoisotopic (exact) mass is 980 g/mol. The molecule has 0 aliphatic rings. The highest BCUT2D eigenvalue weighted by atomic mass is 16.4. The van der Waals surface area contributed by atoms with Gasteiger partial charge in [0.25, 0.3) is 0 Å². The Morgan fingerprint density at radius 3 is 1.16 bits per heavy atom. The SMILES string of the molecule is CC[C@H](C)[C@H](NC(=O)[C@H](CC(=O)O)NC(=O)[C@H](Cc1ccccc1)NC(=O)[C@H](CC(=O)O)NC(=O)[C@H](CC(=O)O)NC(=O)[C@@H](NC(=O)[C@H](CC(=O)O)NC(=O)[C@@H](N)CCC(=O)O)[C@@H](C)CC)C(=O)O. The second kappa shape index (κ2) is 29.1. The molecule has 0 unspecified atom stereocenters. The third-order valence-electron chi connectivity index (χ3n) is 10.5. The molecule has 0 spiro atoms. The predicted molar refractivity (Wildman–Crippen MR) is 234 cm³/mol. The summed E-state index contributed by atoms with van der Waals surface area (Å²) < 4.78 is 0. The maximum atomic E-state index is 13.8. The molecule has 0 bridgehead atoms. The number of carbonyl (C=O) groups is 13. The average Bonchev–Trinajstić information content (AvgIpc) is 3.26. The molecule has 0 heterocycles. The maximum absolute atomic E-state index is 13.8. The van der Waals surface area contributed by atoms with Crippen molar-refractivity contribution in [1.82, 2.24) is 37.2 Å². The standard InChI is InChI=1S/C42H60N8O19/c1-5-19(3)33(49-39(65)26(17-31(57)58)44-35(61)22(43)12-13-28(51)52)41(67)48-25(16-30(55)56)38(64)46-24(15-29(53)54)37(63)45-23(14-21-10-8-7-9-11-21)36(62)47-27(18-32(59)60)40(66)50-34(42(68)69)20(4)6-2/h7-11,19-20,22-27,33-34H,5-6,12-18,43H2,1-4H3,(H,44,61)(H,45,63)(H,46,64)(H,47,62)(H,48,67)(H,49,65)(H,50,66)(H,51,52)(H,53,54)(H,55,56)(H,57,58)(H,59,60)(H,68,69)/t19-,20-,22-,23-,24-,25-,26-,27-,33-,34-/m0/s1. The minimum Gasteiger partial charge on any atom is -0.481 e. The van der Waals surface area contributed by atoms with Gasteiger partial charge in [0.1, 0.15) is 42.3 Å². The molecule has 1 rings (SSSR count). The molecule has 0 aromatic heterocycles. The zero-order chi connectivity index (χ0) is 52.7. The topological polar surface area (TPSA) is 454 Å². The van der Waals surface area contributed by atoms with Crippen LogP contribution in [0.5, 0.6) is 0 Å². The van der Waals surface area contributed by atoms with Crippen LogP contribution in [0.2, 0.25) is 0 Å². The molecule has 0 saturated heterocycles. The number of benzene rings is 1. The Hall–Kier alpha value is -7.71. The van der Waals surface area contributed by atoms with E-state index in [0.29, 0.717) is 5.56 Å². The van der Waals surface area contributed by atoms with Crippen LogP contribution >= 0.6 is 0 Å². The van der Waals surface area contributed by atoms with E-state index in [2.05, 4.69) is 31.9 Å². The molecule has 15 N–H and O–H groups in total. The number of aliphatic carboxylic acids is 6. The summed E-state index contributed by atoms with van der Waals surface area (Å²) in [6.07, 6.45) is -5.47. The normalized spacial score (nSPS) is 15.2. The van der Waals surface area contributed by atoms with E-state index < -0.39 is 182 Å². The summed E-state index contributed by atoms with van der Waals surface area (Å²) >= 11 is 0. The van der Waals surface area contributed by atoms with Crippen molar-refractivity contribution in [3.8, 4) is 0 Å². The lowest BCUT2D eigenvalue weighted by molar-refractivity contribution is -0.145. The van der Waals surface area contributed by atoms with Crippen LogP contribution in [-0.4, -0.2) is 156 Å². The number of nitrogens with two attached hydrogens (primary N) is 1. The third kappa shape index (κ3) is 21.6. The first-order valence-electron chi connectivity index (χ1n) is 21.4. The summed E-state index contributed by atoms with van der Waals surface area (Å²) in [6, 6.07) is -6.75. The fraction of sp³-hybridized carbons (Fsp3) is 0.548. The zero-order valence-electron chi connectivity index (χ0n) is 38.1. The van der Waals surface area contributed by atoms with Crippen LogP contribution in [0.1, 0.15) is 84.6 Å². The Kier molecular flexibility index (Phi) is 25.0. The number of carbonyl (C=O) groups excluding carboxylic acids is 7. The molecule has 1 aromatic carbocycles. The van der Waals surface area contributed by atoms with Gasteiger partial charge >= 0.3 is 35.8 Å². The van der Waals surface area contributed by atoms with Crippen LogP contribution in [0, 0.1) is 11.8 Å². The summed E-state index contributed by atoms with van der Waals surface area (Å²) in [5, 5.41) is 72.0. The second-order valence-electron chi connectivity index (χ2n) is 16.0. The third-order valence-corrected chi connectivity index (χ3v) is 10.5. The Bertz CT molecular complexity index is 2050. The molecule has 1 aromatic rings. The lowest BCUT2D eigenvalue weighted by atomic mass is 9.97. The van der Waals surface area contributed by atoms with E-state index in [4.69, 9.17) is 10.8 Å². The number of rotatable bonds is 32. The first-order valence-corrected chi connectivity index (χ1v) is 21.4. The lowest BCUT2D eigenvalue weighted by Crippen LogP contribution is -2.61. The molecule has 0 saturated carbocycles. The largest absolute Gasteiger partial charge is 0.481 e. The van der Waals surface area contributed by atoms with Crippen molar-refractivity contribution in [2.75, 3.05) is 0 Å². The summed E-state index contributed by atoms with van der Waals surface area (Å²) in [4.78, 5) is 164. The van der Waals surface area contributed by atoms with Crippen molar-refractivity contribution in [2.24, 2.45) is 17.6 Å². The summed E-state index contributed by atoms with van der Waals surface area (Å²) in [7, 11) is 0. The van der Waals surface area contributed by atoms with E-state index in [9.17, 15) is 87.9 Å². The van der Waals surface area contributed by atoms with Gasteiger partial charge in [0.2, 0.25) is 41.4 Å². The fourth-order valence-corrected chi connectivity index (χ4v) is 6.25. The Morgan fingerprint density at radius 2 is 0.783 bits per heavy atom. The van der Waals surface area contributed by atoms with Crippen LogP contribution in [0.25, 0.3) is 0 Å². The fourth-order valence-electron chi connectivity index (χ4n) is 6.25. The van der Waals surface area contributed by atoms with Crippen molar-refractivity contribution < 1.29 is 93.0 Å². The van der Waals surface area contributed by atoms with Crippen molar-refractivity contribution in [1.29, 1.82) is 0 Å². The highest BCUT2D eigenvalue weighted by Crippen LogP contribution is 2.13. The number of nitrogens with one attached hydrogen (secondary N) is 7. The highest BCUT2D eigenvalue weighted by molar-refractivity contribution is 6.00. The molecular weight excluding hydrogens is 920 g/mol. The summed E-state index contributed by atoms with van der Waals surface area (Å²) in [5.74, 6) is -19.7. The van der Waals surface area contributed by atoms with E-state index in [0.717, 1.165) is 0 Å². The smallest absolute Gasteiger partial charge is 0.326 e. The molecule has 0 fully saturated rings. The van der Waals surface area contributed by atoms with Crippen LogP contribution in [0.4, 0.5) is 0 Å². The Morgan fingerprint density at radius 1 is 0.449 bits per heavy atom. The van der Waals surface area contributed by atoms with E-state index >= 15 is 0 Å². The number of hydrogen-bond donors (Lipinski definition) is 14. The quantitative estimate of drug-likeness (QED) is 0.0340. The number of carboxylic acids is 6. The minimum absolute atomic E-state index is 0.116. The van der Waals surface area contributed by atoms with Gasteiger partial charge in [-0.05, 0) is 23.8 Å². The first kappa shape index (κ1) is 59.3. The molecule has 0 radical (unpaired) electrons. The van der Waals surface area contributed by atoms with Crippen LogP contribution in [0.3, 0.4) is 0 Å². The van der Waals surface area contributed by atoms with E-state index in [1.807, 2.05) is 5.32 Å². The maximum Gasteiger partial charge on any atom is 0.326 e. The molecule has 69 heavy (non-hydrogen) atoms. The van der Waals surface area contributed by atoms with E-state index in [-0.39, 0.29) is 12.8 Å². The van der Waals surface area contributed by atoms with Gasteiger partial charge in [-0.3, -0.25) is 57.5 Å². The van der Waals surface area contributed by atoms with Crippen LogP contribution in [0.15, 0.2) is 30.3 Å². The second-order valence-corrected chi connectivity index (χ2v) is 16.0. The van der Waals surface area contributed by atoms with Gasteiger partial charge in [-0.25, -0.2) is 4.79 Å². The summed E-state index contributed by atoms with van der Waals surface area (Å²) in [6.45, 7) is 6.12. The number of hydrogen-bond acceptors (Lipinski definition) is 14. The van der Waals surface area contributed by atoms with Crippen molar-refractivity contribution in [3.05, 3.63) is 35.9 Å². The number of amides is 7. The van der Waals surface area contributed by atoms with Crippen LogP contribution in [-0.2, 0) is 68.7 Å². The van der Waals surface area contributed by atoms with Crippen molar-refractivity contribution >= 4 is 77.2 Å². The lowest BCUT2D eigenvalue weighted by Gasteiger charge is -2.29. The van der Waals surface area contributed by atoms with Gasteiger partial charge in [-0.2, -0.15) is 0 Å². The molecule has 0 aliphatic heterocycles.